The molecule has 0 aliphatic carbocycles. The molecule has 642 valence electrons. The van der Waals surface area contributed by atoms with Crippen molar-refractivity contribution in [2.75, 3.05) is 52.9 Å². The Morgan fingerprint density at radius 2 is 0.559 bits per heavy atom. The summed E-state index contributed by atoms with van der Waals surface area (Å²) in [4.78, 5) is 50.9. The van der Waals surface area contributed by atoms with Crippen molar-refractivity contribution in [2.45, 2.75) is 311 Å². The molecular formula is C62H104N4O45. The molecule has 9 fully saturated rings. The van der Waals surface area contributed by atoms with Crippen LogP contribution in [0, 0.1) is 0 Å². The lowest BCUT2D eigenvalue weighted by Crippen LogP contribution is -2.71. The molecule has 0 saturated carbocycles. The molecule has 0 radical (unpaired) electrons. The van der Waals surface area contributed by atoms with Crippen molar-refractivity contribution >= 4 is 23.6 Å². The molecule has 49 heteroatoms. The molecule has 0 aromatic heterocycles. The highest BCUT2D eigenvalue weighted by atomic mass is 16.8. The van der Waals surface area contributed by atoms with Gasteiger partial charge in [-0.25, -0.2) is 0 Å². The fourth-order valence-electron chi connectivity index (χ4n) is 14.3. The summed E-state index contributed by atoms with van der Waals surface area (Å²) in [7, 11) is 0. The molecule has 0 unspecified atom stereocenters. The van der Waals surface area contributed by atoms with E-state index in [0.29, 0.717) is 0 Å². The van der Waals surface area contributed by atoms with Crippen molar-refractivity contribution in [3.63, 3.8) is 0 Å². The Morgan fingerprint density at radius 1 is 0.252 bits per heavy atom. The number of carbonyl (C=O) groups is 4. The third-order valence-electron chi connectivity index (χ3n) is 20.3. The maximum Gasteiger partial charge on any atom is 0.217 e. The molecule has 9 heterocycles. The molecule has 9 aliphatic heterocycles. The van der Waals surface area contributed by atoms with Gasteiger partial charge in [0.05, 0.1) is 59.0 Å². The smallest absolute Gasteiger partial charge is 0.217 e. The summed E-state index contributed by atoms with van der Waals surface area (Å²) in [5.74, 6) is -3.59. The Bertz CT molecular complexity index is 2950. The molecule has 0 spiro atoms. The fraction of sp³-hybridized carbons (Fsp3) is 0.935. The van der Waals surface area contributed by atoms with Crippen LogP contribution in [-0.2, 0) is 99.7 Å². The Labute approximate surface area is 629 Å². The zero-order chi connectivity index (χ0) is 81.8. The second-order valence-electron chi connectivity index (χ2n) is 28.2. The van der Waals surface area contributed by atoms with E-state index in [2.05, 4.69) is 21.3 Å². The molecule has 49 nitrogen and oxygen atoms in total. The zero-order valence-electron chi connectivity index (χ0n) is 59.9. The zero-order valence-corrected chi connectivity index (χ0v) is 59.9. The maximum absolute atomic E-state index is 13.2. The molecule has 0 bridgehead atoms. The first kappa shape index (κ1) is 91.1. The molecule has 9 saturated heterocycles. The van der Waals surface area contributed by atoms with Crippen LogP contribution in [0.1, 0.15) is 34.6 Å². The van der Waals surface area contributed by atoms with Crippen molar-refractivity contribution in [3.8, 4) is 0 Å². The predicted octanol–water partition coefficient (Wildman–Crippen LogP) is -19.0. The summed E-state index contributed by atoms with van der Waals surface area (Å²) in [6, 6.07) is -7.39. The fourth-order valence-corrected chi connectivity index (χ4v) is 14.3. The first-order valence-corrected chi connectivity index (χ1v) is 35.5. The molecule has 45 atom stereocenters. The third-order valence-corrected chi connectivity index (χ3v) is 20.3. The van der Waals surface area contributed by atoms with Gasteiger partial charge in [-0.3, -0.25) is 19.2 Å². The van der Waals surface area contributed by atoms with Crippen LogP contribution in [0.2, 0.25) is 0 Å². The van der Waals surface area contributed by atoms with Gasteiger partial charge in [0.25, 0.3) is 0 Å². The number of aliphatic hydroxyl groups is 24. The van der Waals surface area contributed by atoms with Crippen LogP contribution >= 0.6 is 0 Å². The van der Waals surface area contributed by atoms with Crippen molar-refractivity contribution in [1.82, 2.24) is 21.3 Å². The number of carbonyl (C=O) groups excluding carboxylic acids is 4. The Kier molecular flexibility index (Phi) is 32.6. The third kappa shape index (κ3) is 20.3. The summed E-state index contributed by atoms with van der Waals surface area (Å²) in [5.41, 5.74) is 0. The molecule has 0 aromatic rings. The van der Waals surface area contributed by atoms with Gasteiger partial charge < -0.3 is 224 Å². The largest absolute Gasteiger partial charge is 0.394 e. The summed E-state index contributed by atoms with van der Waals surface area (Å²) in [5, 5.41) is 276. The van der Waals surface area contributed by atoms with E-state index in [1.54, 1.807) is 0 Å². The quantitative estimate of drug-likeness (QED) is 0.0346. The van der Waals surface area contributed by atoms with E-state index in [-0.39, 0.29) is 0 Å². The number of hydrogen-bond acceptors (Lipinski definition) is 45. The maximum atomic E-state index is 13.2. The topological polar surface area (TPSA) is 759 Å². The average molecular weight is 1630 g/mol. The van der Waals surface area contributed by atoms with Crippen LogP contribution in [0.5, 0.6) is 0 Å². The molecule has 9 aliphatic rings. The molecule has 111 heavy (non-hydrogen) atoms. The van der Waals surface area contributed by atoms with E-state index < -0.39 is 353 Å². The highest BCUT2D eigenvalue weighted by Gasteiger charge is 2.61. The monoisotopic (exact) mass is 1620 g/mol. The Hall–Kier alpha value is -3.76. The number of nitrogens with one attached hydrogen (secondary N) is 4. The van der Waals surface area contributed by atoms with Crippen LogP contribution < -0.4 is 21.3 Å². The van der Waals surface area contributed by atoms with Crippen molar-refractivity contribution in [3.05, 3.63) is 0 Å². The number of rotatable bonds is 28. The lowest BCUT2D eigenvalue weighted by Gasteiger charge is -2.51. The van der Waals surface area contributed by atoms with Gasteiger partial charge in [0.15, 0.2) is 56.6 Å². The molecular weight excluding hydrogens is 1520 g/mol. The van der Waals surface area contributed by atoms with E-state index in [9.17, 15) is 142 Å². The molecule has 0 aromatic carbocycles. The lowest BCUT2D eigenvalue weighted by atomic mass is 9.93. The van der Waals surface area contributed by atoms with E-state index in [4.69, 9.17) is 80.5 Å². The first-order valence-electron chi connectivity index (χ1n) is 35.5. The van der Waals surface area contributed by atoms with Gasteiger partial charge in [0.2, 0.25) is 23.6 Å². The van der Waals surface area contributed by atoms with Gasteiger partial charge in [-0.15, -0.1) is 0 Å². The summed E-state index contributed by atoms with van der Waals surface area (Å²) >= 11 is 0. The molecule has 9 rings (SSSR count). The average Bonchev–Trinajstić information content (AvgIpc) is 0.768. The number of amides is 4. The predicted molar refractivity (Wildman–Crippen MR) is 342 cm³/mol. The summed E-state index contributed by atoms with van der Waals surface area (Å²) in [6.45, 7) is -3.36. The van der Waals surface area contributed by atoms with Crippen LogP contribution in [0.15, 0.2) is 0 Å². The minimum Gasteiger partial charge on any atom is -0.394 e. The van der Waals surface area contributed by atoms with Crippen LogP contribution in [0.3, 0.4) is 0 Å². The van der Waals surface area contributed by atoms with Crippen molar-refractivity contribution < 1.29 is 222 Å². The van der Waals surface area contributed by atoms with E-state index >= 15 is 0 Å². The van der Waals surface area contributed by atoms with Crippen molar-refractivity contribution in [2.24, 2.45) is 0 Å². The minimum absolute atomic E-state index is 0.827. The Morgan fingerprint density at radius 3 is 1.03 bits per heavy atom. The standard InChI is InChI=1S/C62H104N4O45/c1-14-31(77)41(87)45(91)58(97-14)95-13-26-50(38(84)27(54(94)98-26)63-15(2)73)106-56-29(65-17(4)75)39(85)49(24(11-72)103-56)108-60-47(93)51(109-62-53(44(90)35(81)22(9-70)102-62)111-55-28(64-16(3)74)37(83)32(78)19(6-67)99-55)36(82)25(105-60)12-96-61-52(43(89)34(80)21(8-69)101-61)110-57-30(66-18(5)76)40(86)48(23(10-71)104-57)107-59-46(92)42(88)33(79)20(7-68)100-59/h14,19-62,67-72,77-94H,6-13H2,1-5H3,(H,63,73)(H,64,74)(H,65,75)(H,66,76)/t14-,19+,20+,21+,22+,23+,24+,25+,26+,27+,28-,29+,30+,31+,32+,33-,34+,35+,36+,37+,38+,39+,40+,41+,42-,43-,44-,45-,46+,47-,48+,49+,50+,51-,52-,53-,54+,55-,56+,57-,58+,59-,60-,61-,62+/m0/s1. The highest BCUT2D eigenvalue weighted by Crippen LogP contribution is 2.40. The van der Waals surface area contributed by atoms with Gasteiger partial charge >= 0.3 is 0 Å². The van der Waals surface area contributed by atoms with Gasteiger partial charge in [0, 0.05) is 27.7 Å². The van der Waals surface area contributed by atoms with Gasteiger partial charge in [0.1, 0.15) is 213 Å². The Balaban J connectivity index is 1.05. The summed E-state index contributed by atoms with van der Waals surface area (Å²) in [6.07, 6.45) is -83.2. The van der Waals surface area contributed by atoms with Crippen LogP contribution in [-0.4, -0.2) is 475 Å². The number of hydrogen-bond donors (Lipinski definition) is 28. The van der Waals surface area contributed by atoms with E-state index in [0.717, 1.165) is 27.7 Å². The SMILES string of the molecule is CC(=O)N[C@@H]1[C@H](O[C@@H]2[C@@H](O[C@@H]3[C@H](O)[C@H](O[C@H]4[C@H](O)[C@@H](NC(C)=O)[C@@H](O[C@H]5[C@H](O)[C@@H](NC(C)=O)[C@H](O)O[C@@H]5CO[C@@H]5O[C@@H](C)[C@@H](O)[C@@H](O)[C@@H]5O)O[C@@H]4CO)O[C@H](CO[C@H]4O[C@H](CO)[C@@H](O)[C@H](O)[C@@H]4O[C@@H]4O[C@H](CO)[C@@H](O[C@@H]5O[C@H](CO)[C@H](O)[C@H](O)[C@H]5O)[C@H](O)[C@H]4NC(C)=O)[C@H]3O)O[C@H](CO)[C@@H](O)[C@@H]2O)O[C@H](CO)[C@@H](O)[C@@H]1O. The van der Waals surface area contributed by atoms with Crippen LogP contribution in [0.25, 0.3) is 0 Å². The normalized spacial score (nSPS) is 49.3. The lowest BCUT2D eigenvalue weighted by molar-refractivity contribution is -0.396. The van der Waals surface area contributed by atoms with E-state index in [1.807, 2.05) is 0 Å². The van der Waals surface area contributed by atoms with E-state index in [1.165, 1.54) is 6.92 Å². The second-order valence-corrected chi connectivity index (χ2v) is 28.2. The molecule has 28 N–H and O–H groups in total. The highest BCUT2D eigenvalue weighted by molar-refractivity contribution is 5.74. The van der Waals surface area contributed by atoms with Crippen molar-refractivity contribution in [1.29, 1.82) is 0 Å². The van der Waals surface area contributed by atoms with Gasteiger partial charge in [-0.05, 0) is 6.92 Å². The van der Waals surface area contributed by atoms with Gasteiger partial charge in [-0.1, -0.05) is 0 Å². The number of ether oxygens (including phenoxy) is 17. The summed E-state index contributed by atoms with van der Waals surface area (Å²) < 4.78 is 101. The van der Waals surface area contributed by atoms with Gasteiger partial charge in [-0.2, -0.15) is 0 Å². The first-order chi connectivity index (χ1) is 52.4. The molecule has 4 amide bonds. The minimum atomic E-state index is -2.55. The second kappa shape index (κ2) is 39.7. The van der Waals surface area contributed by atoms with Crippen LogP contribution in [0.4, 0.5) is 0 Å². The number of aliphatic hydroxyl groups excluding tert-OH is 24.